The van der Waals surface area contributed by atoms with Crippen molar-refractivity contribution in [1.82, 2.24) is 5.32 Å². The average molecular weight is 318 g/mol. The number of benzene rings is 2. The number of carbonyl (C=O) groups excluding carboxylic acids is 1. The summed E-state index contributed by atoms with van der Waals surface area (Å²) in [7, 11) is 0. The van der Waals surface area contributed by atoms with Crippen molar-refractivity contribution in [2.75, 3.05) is 0 Å². The number of nitrogens with one attached hydrogen (secondary N) is 1. The quantitative estimate of drug-likeness (QED) is 0.853. The third-order valence-electron chi connectivity index (χ3n) is 3.02. The van der Waals surface area contributed by atoms with Crippen molar-refractivity contribution in [2.24, 2.45) is 0 Å². The Labute approximate surface area is 122 Å². The minimum atomic E-state index is -0.0253. The largest absolute Gasteiger partial charge is 0.348 e. The third-order valence-corrected chi connectivity index (χ3v) is 3.67. The van der Waals surface area contributed by atoms with E-state index in [1.165, 1.54) is 5.56 Å². The maximum Gasteiger partial charge on any atom is 0.251 e. The molecule has 0 unspecified atom stereocenters. The molecule has 0 saturated carbocycles. The van der Waals surface area contributed by atoms with E-state index in [-0.39, 0.29) is 5.91 Å². The van der Waals surface area contributed by atoms with Gasteiger partial charge < -0.3 is 5.32 Å². The van der Waals surface area contributed by atoms with Gasteiger partial charge in [-0.3, -0.25) is 4.79 Å². The number of hydrogen-bond acceptors (Lipinski definition) is 1. The monoisotopic (exact) mass is 317 g/mol. The van der Waals surface area contributed by atoms with Gasteiger partial charge in [0.05, 0.1) is 0 Å². The molecule has 0 saturated heterocycles. The molecule has 2 nitrogen and oxygen atoms in total. The van der Waals surface area contributed by atoms with Crippen LogP contribution in [0.2, 0.25) is 0 Å². The minimum Gasteiger partial charge on any atom is -0.348 e. The molecule has 98 valence electrons. The van der Waals surface area contributed by atoms with Gasteiger partial charge in [-0.1, -0.05) is 58.4 Å². The fraction of sp³-hybridized carbons (Fsp3) is 0.188. The molecule has 0 spiro atoms. The molecule has 3 heteroatoms. The molecule has 0 bridgehead atoms. The third kappa shape index (κ3) is 3.67. The minimum absolute atomic E-state index is 0.0253. The second kappa shape index (κ2) is 6.53. The Morgan fingerprint density at radius 3 is 2.32 bits per heavy atom. The molecule has 0 radical (unpaired) electrons. The number of hydrogen-bond donors (Lipinski definition) is 1. The Balaban J connectivity index is 1.98. The van der Waals surface area contributed by atoms with Crippen LogP contribution < -0.4 is 5.32 Å². The van der Waals surface area contributed by atoms with Crippen molar-refractivity contribution >= 4 is 21.8 Å². The van der Waals surface area contributed by atoms with E-state index in [4.69, 9.17) is 0 Å². The van der Waals surface area contributed by atoms with Crippen molar-refractivity contribution in [2.45, 2.75) is 18.8 Å². The van der Waals surface area contributed by atoms with Crippen molar-refractivity contribution in [3.63, 3.8) is 0 Å². The Kier molecular flexibility index (Phi) is 4.74. The summed E-state index contributed by atoms with van der Waals surface area (Å²) in [6.07, 6.45) is 0. The van der Waals surface area contributed by atoms with Crippen molar-refractivity contribution in [3.05, 3.63) is 70.8 Å². The smallest absolute Gasteiger partial charge is 0.251 e. The summed E-state index contributed by atoms with van der Waals surface area (Å²) in [4.78, 5) is 12.0. The summed E-state index contributed by atoms with van der Waals surface area (Å²) < 4.78 is 0. The first-order valence-corrected chi connectivity index (χ1v) is 7.30. The normalized spacial score (nSPS) is 10.2. The van der Waals surface area contributed by atoms with Crippen molar-refractivity contribution in [1.29, 1.82) is 0 Å². The van der Waals surface area contributed by atoms with Crippen LogP contribution in [0.5, 0.6) is 0 Å². The number of amides is 1. The van der Waals surface area contributed by atoms with Crippen LogP contribution in [-0.2, 0) is 11.9 Å². The summed E-state index contributed by atoms with van der Waals surface area (Å²) in [5.41, 5.74) is 4.06. The lowest BCUT2D eigenvalue weighted by Gasteiger charge is -2.08. The Morgan fingerprint density at radius 1 is 1.05 bits per heavy atom. The first-order chi connectivity index (χ1) is 9.20. The van der Waals surface area contributed by atoms with Gasteiger partial charge in [0.2, 0.25) is 0 Å². The van der Waals surface area contributed by atoms with Crippen LogP contribution >= 0.6 is 15.9 Å². The van der Waals surface area contributed by atoms with Crippen LogP contribution in [0.3, 0.4) is 0 Å². The summed E-state index contributed by atoms with van der Waals surface area (Å²) in [6.45, 7) is 2.50. The van der Waals surface area contributed by atoms with Crippen LogP contribution in [0.15, 0.2) is 48.5 Å². The van der Waals surface area contributed by atoms with E-state index in [0.29, 0.717) is 6.54 Å². The molecule has 19 heavy (non-hydrogen) atoms. The van der Waals surface area contributed by atoms with E-state index in [2.05, 4.69) is 33.4 Å². The maximum absolute atomic E-state index is 12.0. The molecule has 2 aromatic carbocycles. The molecular formula is C16H16BrNO. The summed E-state index contributed by atoms with van der Waals surface area (Å²) in [5.74, 6) is -0.0253. The highest BCUT2D eigenvalue weighted by atomic mass is 79.9. The molecule has 1 N–H and O–H groups in total. The number of rotatable bonds is 4. The zero-order chi connectivity index (χ0) is 13.7. The van der Waals surface area contributed by atoms with Gasteiger partial charge in [-0.05, 0) is 29.7 Å². The number of carbonyl (C=O) groups is 1. The molecule has 0 fully saturated rings. The molecule has 0 aliphatic rings. The van der Waals surface area contributed by atoms with Crippen LogP contribution in [-0.4, -0.2) is 5.91 Å². The van der Waals surface area contributed by atoms with Gasteiger partial charge >= 0.3 is 0 Å². The van der Waals surface area contributed by atoms with Crippen LogP contribution in [0.25, 0.3) is 0 Å². The van der Waals surface area contributed by atoms with Crippen molar-refractivity contribution in [3.8, 4) is 0 Å². The summed E-state index contributed by atoms with van der Waals surface area (Å²) >= 11 is 3.41. The van der Waals surface area contributed by atoms with Crippen molar-refractivity contribution < 1.29 is 4.79 Å². The highest BCUT2D eigenvalue weighted by Crippen LogP contribution is 2.09. The first-order valence-electron chi connectivity index (χ1n) is 6.18. The lowest BCUT2D eigenvalue weighted by molar-refractivity contribution is 0.0950. The fourth-order valence-corrected chi connectivity index (χ4v) is 2.23. The highest BCUT2D eigenvalue weighted by Gasteiger charge is 2.07. The number of alkyl halides is 1. The van der Waals surface area contributed by atoms with Crippen LogP contribution in [0, 0.1) is 6.92 Å². The zero-order valence-electron chi connectivity index (χ0n) is 10.8. The second-order valence-corrected chi connectivity index (χ2v) is 5.01. The van der Waals surface area contributed by atoms with Gasteiger partial charge in [0, 0.05) is 17.4 Å². The Morgan fingerprint density at radius 2 is 1.68 bits per heavy atom. The topological polar surface area (TPSA) is 29.1 Å². The molecule has 2 rings (SSSR count). The Hall–Kier alpha value is -1.61. The van der Waals surface area contributed by atoms with Gasteiger partial charge in [0.1, 0.15) is 0 Å². The van der Waals surface area contributed by atoms with E-state index in [1.54, 1.807) is 0 Å². The van der Waals surface area contributed by atoms with Crippen LogP contribution in [0.1, 0.15) is 27.0 Å². The summed E-state index contributed by atoms with van der Waals surface area (Å²) in [5, 5.41) is 3.79. The van der Waals surface area contributed by atoms with E-state index >= 15 is 0 Å². The molecule has 0 aliphatic carbocycles. The zero-order valence-corrected chi connectivity index (χ0v) is 12.4. The van der Waals surface area contributed by atoms with Gasteiger partial charge in [-0.25, -0.2) is 0 Å². The molecule has 1 amide bonds. The molecule has 2 aromatic rings. The van der Waals surface area contributed by atoms with E-state index in [1.807, 2.05) is 43.3 Å². The van der Waals surface area contributed by atoms with Gasteiger partial charge in [-0.2, -0.15) is 0 Å². The molecular weight excluding hydrogens is 302 g/mol. The lowest BCUT2D eigenvalue weighted by Crippen LogP contribution is -2.23. The number of aryl methyl sites for hydroxylation is 1. The van der Waals surface area contributed by atoms with Gasteiger partial charge in [-0.15, -0.1) is 0 Å². The molecule has 0 atom stereocenters. The van der Waals surface area contributed by atoms with E-state index in [9.17, 15) is 4.79 Å². The lowest BCUT2D eigenvalue weighted by atomic mass is 10.1. The van der Waals surface area contributed by atoms with E-state index in [0.717, 1.165) is 22.0 Å². The van der Waals surface area contributed by atoms with Gasteiger partial charge in [0.15, 0.2) is 0 Å². The summed E-state index contributed by atoms with van der Waals surface area (Å²) in [6, 6.07) is 15.8. The highest BCUT2D eigenvalue weighted by molar-refractivity contribution is 9.08. The maximum atomic E-state index is 12.0. The fourth-order valence-electron chi connectivity index (χ4n) is 1.85. The predicted octanol–water partition coefficient (Wildman–Crippen LogP) is 3.82. The molecule has 0 aromatic heterocycles. The van der Waals surface area contributed by atoms with E-state index < -0.39 is 0 Å². The average Bonchev–Trinajstić information content (AvgIpc) is 2.46. The SMILES string of the molecule is Cc1ccccc1C(=O)NCc1ccc(CBr)cc1. The first kappa shape index (κ1) is 13.8. The number of halogens is 1. The standard InChI is InChI=1S/C16H16BrNO/c1-12-4-2-3-5-15(12)16(19)18-11-14-8-6-13(10-17)7-9-14/h2-9H,10-11H2,1H3,(H,18,19). The Bertz CT molecular complexity index is 563. The second-order valence-electron chi connectivity index (χ2n) is 4.45. The molecule has 0 aliphatic heterocycles. The van der Waals surface area contributed by atoms with Crippen LogP contribution in [0.4, 0.5) is 0 Å². The van der Waals surface area contributed by atoms with Gasteiger partial charge in [0.25, 0.3) is 5.91 Å². The molecule has 0 heterocycles. The predicted molar refractivity (Wildman–Crippen MR) is 81.4 cm³/mol.